The van der Waals surface area contributed by atoms with Crippen molar-refractivity contribution in [1.29, 1.82) is 0 Å². The highest BCUT2D eigenvalue weighted by Crippen LogP contribution is 2.38. The van der Waals surface area contributed by atoms with Crippen molar-refractivity contribution >= 4 is 40.0 Å². The van der Waals surface area contributed by atoms with Crippen molar-refractivity contribution in [2.24, 2.45) is 0 Å². The first-order chi connectivity index (χ1) is 15.5. The maximum absolute atomic E-state index is 12.1. The second kappa shape index (κ2) is 9.03. The largest absolute Gasteiger partial charge is 0.493 e. The Balaban J connectivity index is 1.54. The van der Waals surface area contributed by atoms with E-state index in [-0.39, 0.29) is 0 Å². The van der Waals surface area contributed by atoms with E-state index in [0.29, 0.717) is 50.8 Å². The molecule has 2 aromatic carbocycles. The minimum absolute atomic E-state index is 0.308. The summed E-state index contributed by atoms with van der Waals surface area (Å²) >= 11 is 6.40. The Labute approximate surface area is 188 Å². The number of nitrogens with zero attached hydrogens (tertiary/aromatic N) is 2. The molecule has 10 heteroatoms. The van der Waals surface area contributed by atoms with Crippen molar-refractivity contribution in [3.63, 3.8) is 0 Å². The van der Waals surface area contributed by atoms with E-state index in [4.69, 9.17) is 30.3 Å². The van der Waals surface area contributed by atoms with Crippen LogP contribution in [0.15, 0.2) is 53.2 Å². The molecule has 0 fully saturated rings. The van der Waals surface area contributed by atoms with Gasteiger partial charge in [-0.15, -0.1) is 0 Å². The number of aryl methyl sites for hydroxylation is 1. The molecule has 2 aromatic heterocycles. The van der Waals surface area contributed by atoms with Crippen LogP contribution in [0.5, 0.6) is 23.0 Å². The minimum Gasteiger partial charge on any atom is -0.493 e. The molecule has 2 heterocycles. The van der Waals surface area contributed by atoms with Crippen molar-refractivity contribution < 1.29 is 23.5 Å². The van der Waals surface area contributed by atoms with Crippen LogP contribution in [0.2, 0.25) is 5.02 Å². The number of anilines is 2. The van der Waals surface area contributed by atoms with Crippen molar-refractivity contribution in [1.82, 2.24) is 10.1 Å². The smallest absolute Gasteiger partial charge is 0.324 e. The first-order valence-corrected chi connectivity index (χ1v) is 9.84. The van der Waals surface area contributed by atoms with Gasteiger partial charge in [0.05, 0.1) is 24.8 Å². The van der Waals surface area contributed by atoms with E-state index in [0.717, 1.165) is 5.39 Å². The number of halogens is 1. The molecule has 0 atom stereocenters. The monoisotopic (exact) mass is 454 g/mol. The highest BCUT2D eigenvalue weighted by atomic mass is 35.5. The molecule has 2 amide bonds. The molecule has 164 valence electrons. The van der Waals surface area contributed by atoms with Crippen LogP contribution in [0.1, 0.15) is 5.76 Å². The maximum atomic E-state index is 12.1. The van der Waals surface area contributed by atoms with Gasteiger partial charge in [0.25, 0.3) is 0 Å². The zero-order valence-corrected chi connectivity index (χ0v) is 18.2. The molecule has 0 unspecified atom stereocenters. The van der Waals surface area contributed by atoms with Crippen molar-refractivity contribution in [3.8, 4) is 23.0 Å². The van der Waals surface area contributed by atoms with Crippen LogP contribution >= 0.6 is 11.6 Å². The Morgan fingerprint density at radius 3 is 2.44 bits per heavy atom. The third-order valence-corrected chi connectivity index (χ3v) is 4.78. The summed E-state index contributed by atoms with van der Waals surface area (Å²) in [5.74, 6) is 2.96. The SMILES string of the molecule is COc1cc2nccc(Oc3ccc(NC(=O)Nc4cc(C)on4)cc3Cl)c2cc1OC. The van der Waals surface area contributed by atoms with Crippen molar-refractivity contribution in [2.75, 3.05) is 24.9 Å². The molecule has 4 rings (SSSR count). The summed E-state index contributed by atoms with van der Waals surface area (Å²) in [5.41, 5.74) is 1.15. The van der Waals surface area contributed by atoms with E-state index >= 15 is 0 Å². The predicted octanol–water partition coefficient (Wildman–Crippen LogP) is 5.64. The van der Waals surface area contributed by atoms with Crippen molar-refractivity contribution in [3.05, 3.63) is 59.4 Å². The first-order valence-electron chi connectivity index (χ1n) is 9.46. The molecular formula is C22H19ClN4O5. The van der Waals surface area contributed by atoms with Gasteiger partial charge in [0, 0.05) is 29.4 Å². The summed E-state index contributed by atoms with van der Waals surface area (Å²) in [6, 6.07) is 11.3. The Hall–Kier alpha value is -3.98. The van der Waals surface area contributed by atoms with E-state index in [1.165, 1.54) is 0 Å². The van der Waals surface area contributed by atoms with Crippen LogP contribution in [0.3, 0.4) is 0 Å². The molecule has 0 saturated heterocycles. The van der Waals surface area contributed by atoms with E-state index in [1.807, 2.05) is 0 Å². The summed E-state index contributed by atoms with van der Waals surface area (Å²) in [5, 5.41) is 9.99. The zero-order chi connectivity index (χ0) is 22.7. The third kappa shape index (κ3) is 4.52. The predicted molar refractivity (Wildman–Crippen MR) is 120 cm³/mol. The number of pyridine rings is 1. The highest BCUT2D eigenvalue weighted by Gasteiger charge is 2.13. The number of aromatic nitrogens is 2. The lowest BCUT2D eigenvalue weighted by molar-refractivity contribution is 0.262. The van der Waals surface area contributed by atoms with Gasteiger partial charge in [-0.2, -0.15) is 0 Å². The fourth-order valence-corrected chi connectivity index (χ4v) is 3.24. The average molecular weight is 455 g/mol. The number of fused-ring (bicyclic) bond motifs is 1. The van der Waals surface area contributed by atoms with Crippen LogP contribution in [-0.4, -0.2) is 30.4 Å². The first kappa shape index (κ1) is 21.3. The highest BCUT2D eigenvalue weighted by molar-refractivity contribution is 6.32. The normalized spacial score (nSPS) is 10.6. The number of amides is 2. The topological polar surface area (TPSA) is 108 Å². The van der Waals surface area contributed by atoms with Crippen LogP contribution < -0.4 is 24.8 Å². The number of rotatable bonds is 6. The number of methoxy groups -OCH3 is 2. The van der Waals surface area contributed by atoms with Gasteiger partial charge in [-0.25, -0.2) is 4.79 Å². The number of hydrogen-bond donors (Lipinski definition) is 2. The molecule has 0 aliphatic carbocycles. The fraction of sp³-hybridized carbons (Fsp3) is 0.136. The molecule has 0 bridgehead atoms. The lowest BCUT2D eigenvalue weighted by Gasteiger charge is -2.13. The number of hydrogen-bond acceptors (Lipinski definition) is 7. The summed E-state index contributed by atoms with van der Waals surface area (Å²) in [7, 11) is 3.12. The number of ether oxygens (including phenoxy) is 3. The van der Waals surface area contributed by atoms with Crippen LogP contribution in [0.4, 0.5) is 16.3 Å². The lowest BCUT2D eigenvalue weighted by atomic mass is 10.2. The molecule has 32 heavy (non-hydrogen) atoms. The van der Waals surface area contributed by atoms with Gasteiger partial charge in [0.15, 0.2) is 17.3 Å². The van der Waals surface area contributed by atoms with Gasteiger partial charge >= 0.3 is 6.03 Å². The van der Waals surface area contributed by atoms with Gasteiger partial charge in [-0.05, 0) is 37.3 Å². The number of carbonyl (C=O) groups is 1. The van der Waals surface area contributed by atoms with Gasteiger partial charge in [-0.1, -0.05) is 16.8 Å². The fourth-order valence-electron chi connectivity index (χ4n) is 3.02. The molecule has 0 spiro atoms. The molecule has 0 saturated carbocycles. The molecule has 2 N–H and O–H groups in total. The summed E-state index contributed by atoms with van der Waals surface area (Å²) in [4.78, 5) is 16.5. The molecule has 4 aromatic rings. The van der Waals surface area contributed by atoms with Gasteiger partial charge in [-0.3, -0.25) is 10.3 Å². The Morgan fingerprint density at radius 1 is 0.969 bits per heavy atom. The number of carbonyl (C=O) groups excluding carboxylic acids is 1. The molecule has 0 aliphatic rings. The number of nitrogens with one attached hydrogen (secondary N) is 2. The lowest BCUT2D eigenvalue weighted by Crippen LogP contribution is -2.19. The summed E-state index contributed by atoms with van der Waals surface area (Å²) in [6.07, 6.45) is 1.63. The third-order valence-electron chi connectivity index (χ3n) is 4.49. The minimum atomic E-state index is -0.482. The second-order valence-electron chi connectivity index (χ2n) is 6.68. The second-order valence-corrected chi connectivity index (χ2v) is 7.09. The Kier molecular flexibility index (Phi) is 6.00. The molecule has 0 radical (unpaired) electrons. The Morgan fingerprint density at radius 2 is 1.75 bits per heavy atom. The van der Waals surface area contributed by atoms with E-state index in [9.17, 15) is 4.79 Å². The van der Waals surface area contributed by atoms with Gasteiger partial charge < -0.3 is 24.1 Å². The summed E-state index contributed by atoms with van der Waals surface area (Å²) in [6.45, 7) is 1.73. The average Bonchev–Trinajstić information content (AvgIpc) is 3.19. The standard InChI is InChI=1S/C22H19ClN4O5/c1-12-8-21(27-32-12)26-22(28)25-13-4-5-18(15(23)9-13)31-17-6-7-24-16-11-20(30-3)19(29-2)10-14(16)17/h4-11H,1-3H3,(H2,25,26,27,28). The molecular weight excluding hydrogens is 436 g/mol. The van der Waals surface area contributed by atoms with E-state index in [2.05, 4.69) is 20.8 Å². The number of benzene rings is 2. The van der Waals surface area contributed by atoms with Crippen molar-refractivity contribution in [2.45, 2.75) is 6.92 Å². The van der Waals surface area contributed by atoms with Gasteiger partial charge in [0.2, 0.25) is 0 Å². The Bertz CT molecular complexity index is 1290. The maximum Gasteiger partial charge on any atom is 0.324 e. The molecule has 0 aliphatic heterocycles. The van der Waals surface area contributed by atoms with Gasteiger partial charge in [0.1, 0.15) is 17.3 Å². The number of urea groups is 1. The van der Waals surface area contributed by atoms with E-state index in [1.54, 1.807) is 69.8 Å². The van der Waals surface area contributed by atoms with Crippen LogP contribution in [0, 0.1) is 6.92 Å². The zero-order valence-electron chi connectivity index (χ0n) is 17.4. The molecule has 9 nitrogen and oxygen atoms in total. The quantitative estimate of drug-likeness (QED) is 0.388. The summed E-state index contributed by atoms with van der Waals surface area (Å²) < 4.78 is 21.7. The van der Waals surface area contributed by atoms with Crippen LogP contribution in [0.25, 0.3) is 10.9 Å². The van der Waals surface area contributed by atoms with Crippen LogP contribution in [-0.2, 0) is 0 Å². The van der Waals surface area contributed by atoms with E-state index < -0.39 is 6.03 Å².